The third kappa shape index (κ3) is 3.08. The lowest BCUT2D eigenvalue weighted by molar-refractivity contribution is 1.26. The molecule has 138 valence electrons. The van der Waals surface area contributed by atoms with E-state index in [4.69, 9.17) is 0 Å². The van der Waals surface area contributed by atoms with Gasteiger partial charge >= 0.3 is 0 Å². The molecule has 5 rings (SSSR count). The van der Waals surface area contributed by atoms with Crippen LogP contribution in [-0.4, -0.2) is 15.0 Å². The number of H-pyrrole nitrogens is 1. The Morgan fingerprint density at radius 2 is 1.61 bits per heavy atom. The van der Waals surface area contributed by atoms with Gasteiger partial charge in [0.1, 0.15) is 11.8 Å². The SMILES string of the molecule is Cc1cc(Nc2ccccc2-c2ccccc2)c2c(ccc3ncnc32)[nH]1.Cl. The van der Waals surface area contributed by atoms with Gasteiger partial charge in [0.15, 0.2) is 0 Å². The van der Waals surface area contributed by atoms with Gasteiger partial charge in [-0.2, -0.15) is 0 Å². The summed E-state index contributed by atoms with van der Waals surface area (Å²) < 4.78 is 0. The second-order valence-electron chi connectivity index (χ2n) is 6.63. The van der Waals surface area contributed by atoms with Crippen molar-refractivity contribution in [2.24, 2.45) is 0 Å². The molecule has 2 aromatic heterocycles. The number of anilines is 2. The molecule has 3 aromatic carbocycles. The monoisotopic (exact) mass is 386 g/mol. The van der Waals surface area contributed by atoms with Crippen molar-refractivity contribution in [2.45, 2.75) is 6.92 Å². The first-order chi connectivity index (χ1) is 13.3. The number of aromatic nitrogens is 3. The molecule has 0 bridgehead atoms. The number of nitrogens with zero attached hydrogens (tertiary/aromatic N) is 2. The van der Waals surface area contributed by atoms with Crippen LogP contribution in [0.25, 0.3) is 33.1 Å². The second-order valence-corrected chi connectivity index (χ2v) is 6.63. The van der Waals surface area contributed by atoms with Crippen molar-refractivity contribution in [1.29, 1.82) is 0 Å². The van der Waals surface area contributed by atoms with E-state index < -0.39 is 0 Å². The number of rotatable bonds is 3. The van der Waals surface area contributed by atoms with Crippen LogP contribution >= 0.6 is 12.4 Å². The molecule has 0 atom stereocenters. The van der Waals surface area contributed by atoms with E-state index in [-0.39, 0.29) is 12.4 Å². The van der Waals surface area contributed by atoms with Crippen LogP contribution in [0.3, 0.4) is 0 Å². The molecule has 0 saturated heterocycles. The molecule has 0 amide bonds. The molecular formula is C23H19ClN4. The zero-order valence-corrected chi connectivity index (χ0v) is 16.1. The number of pyridine rings is 1. The number of halogens is 1. The molecule has 0 saturated carbocycles. The van der Waals surface area contributed by atoms with E-state index >= 15 is 0 Å². The minimum atomic E-state index is 0. The van der Waals surface area contributed by atoms with E-state index in [0.717, 1.165) is 44.6 Å². The normalized spacial score (nSPS) is 10.8. The maximum atomic E-state index is 4.49. The fourth-order valence-corrected chi connectivity index (χ4v) is 3.58. The summed E-state index contributed by atoms with van der Waals surface area (Å²) in [6.45, 7) is 2.06. The minimum Gasteiger partial charge on any atom is -0.358 e. The van der Waals surface area contributed by atoms with Gasteiger partial charge in [-0.15, -0.1) is 12.4 Å². The Balaban J connectivity index is 0.00000192. The van der Waals surface area contributed by atoms with Crippen LogP contribution < -0.4 is 5.32 Å². The first kappa shape index (κ1) is 18.0. The zero-order valence-electron chi connectivity index (χ0n) is 15.3. The summed E-state index contributed by atoms with van der Waals surface area (Å²) in [4.78, 5) is 12.3. The Morgan fingerprint density at radius 3 is 2.46 bits per heavy atom. The van der Waals surface area contributed by atoms with E-state index in [1.54, 1.807) is 6.33 Å². The lowest BCUT2D eigenvalue weighted by atomic mass is 10.0. The van der Waals surface area contributed by atoms with Crippen molar-refractivity contribution in [2.75, 3.05) is 5.32 Å². The van der Waals surface area contributed by atoms with E-state index in [9.17, 15) is 0 Å². The summed E-state index contributed by atoms with van der Waals surface area (Å²) in [5.41, 5.74) is 8.37. The first-order valence-corrected chi connectivity index (χ1v) is 8.94. The highest BCUT2D eigenvalue weighted by Crippen LogP contribution is 2.35. The predicted molar refractivity (Wildman–Crippen MR) is 119 cm³/mol. The number of imidazole rings is 1. The van der Waals surface area contributed by atoms with Crippen LogP contribution in [0.5, 0.6) is 0 Å². The quantitative estimate of drug-likeness (QED) is 0.385. The highest BCUT2D eigenvalue weighted by atomic mass is 35.5. The average molecular weight is 387 g/mol. The van der Waals surface area contributed by atoms with Crippen molar-refractivity contribution in [3.63, 3.8) is 0 Å². The Labute approximate surface area is 169 Å². The maximum absolute atomic E-state index is 4.49. The van der Waals surface area contributed by atoms with Gasteiger partial charge in [-0.3, -0.25) is 0 Å². The third-order valence-electron chi connectivity index (χ3n) is 4.78. The zero-order chi connectivity index (χ0) is 18.2. The lowest BCUT2D eigenvalue weighted by Crippen LogP contribution is -1.97. The summed E-state index contributed by atoms with van der Waals surface area (Å²) in [7, 11) is 0. The lowest BCUT2D eigenvalue weighted by Gasteiger charge is -2.15. The third-order valence-corrected chi connectivity index (χ3v) is 4.78. The van der Waals surface area contributed by atoms with Crippen molar-refractivity contribution in [3.05, 3.63) is 84.8 Å². The smallest absolute Gasteiger partial charge is 0.116 e. The van der Waals surface area contributed by atoms with Crippen LogP contribution in [0.1, 0.15) is 5.69 Å². The fourth-order valence-electron chi connectivity index (χ4n) is 3.58. The van der Waals surface area contributed by atoms with Crippen molar-refractivity contribution in [1.82, 2.24) is 15.0 Å². The van der Waals surface area contributed by atoms with Crippen molar-refractivity contribution in [3.8, 4) is 11.1 Å². The number of hydrogen-bond acceptors (Lipinski definition) is 3. The van der Waals surface area contributed by atoms with Gasteiger partial charge in [-0.1, -0.05) is 48.5 Å². The van der Waals surface area contributed by atoms with Gasteiger partial charge in [-0.25, -0.2) is 9.97 Å². The molecule has 5 heteroatoms. The van der Waals surface area contributed by atoms with Gasteiger partial charge in [0.25, 0.3) is 0 Å². The van der Waals surface area contributed by atoms with Crippen molar-refractivity contribution >= 4 is 45.7 Å². The number of aromatic amines is 1. The second kappa shape index (κ2) is 7.33. The Bertz CT molecular complexity index is 1260. The van der Waals surface area contributed by atoms with Crippen LogP contribution in [0, 0.1) is 6.92 Å². The van der Waals surface area contributed by atoms with Gasteiger partial charge in [0.05, 0.1) is 11.2 Å². The molecular weight excluding hydrogens is 368 g/mol. The van der Waals surface area contributed by atoms with Crippen LogP contribution in [-0.2, 0) is 0 Å². The van der Waals surface area contributed by atoms with E-state index in [1.807, 2.05) is 12.1 Å². The number of benzene rings is 3. The number of hydrogen-bond donors (Lipinski definition) is 2. The molecule has 0 radical (unpaired) electrons. The van der Waals surface area contributed by atoms with Gasteiger partial charge in [0.2, 0.25) is 0 Å². The van der Waals surface area contributed by atoms with E-state index in [0.29, 0.717) is 0 Å². The van der Waals surface area contributed by atoms with Crippen LogP contribution in [0.4, 0.5) is 11.4 Å². The summed E-state index contributed by atoms with van der Waals surface area (Å²) in [6, 6.07) is 25.0. The Morgan fingerprint density at radius 1 is 0.821 bits per heavy atom. The molecule has 0 aliphatic rings. The molecule has 2 heterocycles. The average Bonchev–Trinajstić information content (AvgIpc) is 3.17. The molecule has 4 nitrogen and oxygen atoms in total. The number of fused-ring (bicyclic) bond motifs is 3. The molecule has 0 fully saturated rings. The van der Waals surface area contributed by atoms with E-state index in [1.165, 1.54) is 5.56 Å². The summed E-state index contributed by atoms with van der Waals surface area (Å²) in [5.74, 6) is 0. The Hall–Kier alpha value is -3.37. The molecule has 0 unspecified atom stereocenters. The molecule has 0 spiro atoms. The Kier molecular flexibility index (Phi) is 4.72. The van der Waals surface area contributed by atoms with Gasteiger partial charge in [0, 0.05) is 27.8 Å². The van der Waals surface area contributed by atoms with Crippen LogP contribution in [0.15, 0.2) is 79.1 Å². The highest BCUT2D eigenvalue weighted by Gasteiger charge is 2.12. The van der Waals surface area contributed by atoms with Crippen molar-refractivity contribution < 1.29 is 0 Å². The molecule has 5 aromatic rings. The van der Waals surface area contributed by atoms with Crippen LogP contribution in [0.2, 0.25) is 0 Å². The maximum Gasteiger partial charge on any atom is 0.116 e. The molecule has 2 N–H and O–H groups in total. The number of nitrogens with one attached hydrogen (secondary N) is 2. The topological polar surface area (TPSA) is 53.6 Å². The number of para-hydroxylation sites is 1. The first-order valence-electron chi connectivity index (χ1n) is 8.94. The summed E-state index contributed by atoms with van der Waals surface area (Å²) in [6.07, 6.45) is 1.62. The van der Waals surface area contributed by atoms with Gasteiger partial charge < -0.3 is 10.3 Å². The highest BCUT2D eigenvalue weighted by molar-refractivity contribution is 6.10. The fraction of sp³-hybridized carbons (Fsp3) is 0.0435. The van der Waals surface area contributed by atoms with E-state index in [2.05, 4.69) is 87.9 Å². The number of aryl methyl sites for hydroxylation is 1. The summed E-state index contributed by atoms with van der Waals surface area (Å²) in [5, 5.41) is 4.70. The molecule has 0 aliphatic heterocycles. The molecule has 28 heavy (non-hydrogen) atoms. The predicted octanol–water partition coefficient (Wildman–Crippen LogP) is 6.25. The summed E-state index contributed by atoms with van der Waals surface area (Å²) >= 11 is 0. The molecule has 0 aliphatic carbocycles. The largest absolute Gasteiger partial charge is 0.358 e. The van der Waals surface area contributed by atoms with Gasteiger partial charge in [-0.05, 0) is 36.8 Å². The standard InChI is InChI=1S/C23H18N4.ClH/c1-15-13-21(22-19(26-15)11-12-20-23(22)25-14-24-20)27-18-10-6-5-9-17(18)16-7-3-2-4-8-16;/h2-14,26-27H,1H3;1H. The minimum absolute atomic E-state index is 0.